The first-order valence-corrected chi connectivity index (χ1v) is 7.22. The lowest BCUT2D eigenvalue weighted by molar-refractivity contribution is 0.339. The zero-order valence-electron chi connectivity index (χ0n) is 11.5. The lowest BCUT2D eigenvalue weighted by Gasteiger charge is -2.27. The van der Waals surface area contributed by atoms with Crippen LogP contribution in [0.4, 0.5) is 4.39 Å². The van der Waals surface area contributed by atoms with Crippen molar-refractivity contribution in [1.29, 1.82) is 0 Å². The Kier molecular flexibility index (Phi) is 4.76. The van der Waals surface area contributed by atoms with Crippen molar-refractivity contribution in [3.8, 4) is 0 Å². The quantitative estimate of drug-likeness (QED) is 0.813. The van der Waals surface area contributed by atoms with Gasteiger partial charge >= 0.3 is 0 Å². The van der Waals surface area contributed by atoms with E-state index >= 15 is 0 Å². The fourth-order valence-corrected chi connectivity index (χ4v) is 3.06. The molecule has 1 aliphatic rings. The molecule has 0 aromatic heterocycles. The summed E-state index contributed by atoms with van der Waals surface area (Å²) in [5, 5.41) is 3.72. The van der Waals surface area contributed by atoms with Gasteiger partial charge in [-0.15, -0.1) is 0 Å². The summed E-state index contributed by atoms with van der Waals surface area (Å²) in [5.74, 6) is 0.664. The Hall–Kier alpha value is -0.890. The van der Waals surface area contributed by atoms with Crippen molar-refractivity contribution in [3.63, 3.8) is 0 Å². The number of benzene rings is 1. The zero-order chi connectivity index (χ0) is 13.0. The summed E-state index contributed by atoms with van der Waals surface area (Å²) in [4.78, 5) is 0. The van der Waals surface area contributed by atoms with E-state index in [0.29, 0.717) is 12.1 Å². The highest BCUT2D eigenvalue weighted by molar-refractivity contribution is 5.20. The number of nitrogens with one attached hydrogen (secondary N) is 1. The third kappa shape index (κ3) is 3.32. The molecule has 0 amide bonds. The maximum absolute atomic E-state index is 12.9. The minimum atomic E-state index is -0.155. The number of halogens is 1. The van der Waals surface area contributed by atoms with Crippen molar-refractivity contribution >= 4 is 0 Å². The average molecular weight is 249 g/mol. The monoisotopic (exact) mass is 249 g/mol. The molecule has 1 aromatic carbocycles. The molecule has 2 rings (SSSR count). The molecule has 1 unspecified atom stereocenters. The molecule has 1 aliphatic carbocycles. The van der Waals surface area contributed by atoms with Gasteiger partial charge in [0.2, 0.25) is 0 Å². The standard InChI is InChI=1S/C16H24FN/c1-3-16(14-8-10-15(17)11-9-14)18-12(2)13-6-4-5-7-13/h8-13,16,18H,3-7H2,1-2H3/t12-,16?/m1/s1. The molecule has 2 heteroatoms. The van der Waals surface area contributed by atoms with Gasteiger partial charge in [0.05, 0.1) is 0 Å². The summed E-state index contributed by atoms with van der Waals surface area (Å²) in [7, 11) is 0. The summed E-state index contributed by atoms with van der Waals surface area (Å²) >= 11 is 0. The van der Waals surface area contributed by atoms with Gasteiger partial charge in [0.15, 0.2) is 0 Å². The maximum Gasteiger partial charge on any atom is 0.123 e. The Labute approximate surface area is 110 Å². The molecule has 1 aromatic rings. The first-order chi connectivity index (χ1) is 8.70. The normalized spacial score (nSPS) is 19.9. The summed E-state index contributed by atoms with van der Waals surface area (Å²) in [5.41, 5.74) is 1.20. The highest BCUT2D eigenvalue weighted by atomic mass is 19.1. The van der Waals surface area contributed by atoms with Crippen LogP contribution in [0, 0.1) is 11.7 Å². The minimum Gasteiger partial charge on any atom is -0.307 e. The van der Waals surface area contributed by atoms with Crippen LogP contribution in [0.1, 0.15) is 57.6 Å². The van der Waals surface area contributed by atoms with E-state index in [-0.39, 0.29) is 5.82 Å². The van der Waals surface area contributed by atoms with Crippen molar-refractivity contribution in [3.05, 3.63) is 35.6 Å². The van der Waals surface area contributed by atoms with Gasteiger partial charge < -0.3 is 5.32 Å². The van der Waals surface area contributed by atoms with Crippen LogP contribution in [0.2, 0.25) is 0 Å². The van der Waals surface area contributed by atoms with E-state index in [1.807, 2.05) is 12.1 Å². The van der Waals surface area contributed by atoms with E-state index in [2.05, 4.69) is 19.2 Å². The van der Waals surface area contributed by atoms with Gasteiger partial charge in [-0.25, -0.2) is 4.39 Å². The Morgan fingerprint density at radius 1 is 1.22 bits per heavy atom. The summed E-state index contributed by atoms with van der Waals surface area (Å²) in [6, 6.07) is 7.82. The zero-order valence-corrected chi connectivity index (χ0v) is 11.5. The second-order valence-electron chi connectivity index (χ2n) is 5.51. The summed E-state index contributed by atoms with van der Waals surface area (Å²) in [6.07, 6.45) is 6.51. The van der Waals surface area contributed by atoms with E-state index in [1.165, 1.54) is 31.2 Å². The molecule has 1 N–H and O–H groups in total. The molecule has 2 atom stereocenters. The van der Waals surface area contributed by atoms with Gasteiger partial charge in [0.25, 0.3) is 0 Å². The largest absolute Gasteiger partial charge is 0.307 e. The maximum atomic E-state index is 12.9. The fraction of sp³-hybridized carbons (Fsp3) is 0.625. The molecule has 1 fully saturated rings. The van der Waals surface area contributed by atoms with Gasteiger partial charge in [0.1, 0.15) is 5.82 Å². The SMILES string of the molecule is CCC(N[C@H](C)C1CCCC1)c1ccc(F)cc1. The third-order valence-corrected chi connectivity index (χ3v) is 4.25. The predicted molar refractivity (Wildman–Crippen MR) is 74.0 cm³/mol. The van der Waals surface area contributed by atoms with E-state index in [0.717, 1.165) is 12.3 Å². The van der Waals surface area contributed by atoms with Crippen LogP contribution in [0.15, 0.2) is 24.3 Å². The molecule has 0 radical (unpaired) electrons. The third-order valence-electron chi connectivity index (χ3n) is 4.25. The topological polar surface area (TPSA) is 12.0 Å². The van der Waals surface area contributed by atoms with Crippen molar-refractivity contribution in [1.82, 2.24) is 5.32 Å². The van der Waals surface area contributed by atoms with Crippen LogP contribution in [0.3, 0.4) is 0 Å². The molecule has 1 saturated carbocycles. The smallest absolute Gasteiger partial charge is 0.123 e. The van der Waals surface area contributed by atoms with Crippen LogP contribution in [-0.4, -0.2) is 6.04 Å². The number of rotatable bonds is 5. The molecular weight excluding hydrogens is 225 g/mol. The highest BCUT2D eigenvalue weighted by Gasteiger charge is 2.23. The number of hydrogen-bond donors (Lipinski definition) is 1. The van der Waals surface area contributed by atoms with Crippen molar-refractivity contribution in [2.24, 2.45) is 5.92 Å². The molecule has 0 saturated heterocycles. The van der Waals surface area contributed by atoms with Crippen molar-refractivity contribution in [2.75, 3.05) is 0 Å². The predicted octanol–water partition coefficient (Wildman–Crippen LogP) is 4.45. The fourth-order valence-electron chi connectivity index (χ4n) is 3.06. The molecule has 100 valence electrons. The van der Waals surface area contributed by atoms with Gasteiger partial charge in [-0.2, -0.15) is 0 Å². The van der Waals surface area contributed by atoms with E-state index in [1.54, 1.807) is 12.1 Å². The first-order valence-electron chi connectivity index (χ1n) is 7.22. The second-order valence-corrected chi connectivity index (χ2v) is 5.51. The minimum absolute atomic E-state index is 0.155. The molecule has 0 bridgehead atoms. The molecule has 0 aliphatic heterocycles. The molecule has 18 heavy (non-hydrogen) atoms. The first kappa shape index (κ1) is 13.5. The Morgan fingerprint density at radius 2 is 1.83 bits per heavy atom. The van der Waals surface area contributed by atoms with Gasteiger partial charge in [0, 0.05) is 12.1 Å². The summed E-state index contributed by atoms with van der Waals surface area (Å²) in [6.45, 7) is 4.48. The van der Waals surface area contributed by atoms with Crippen LogP contribution < -0.4 is 5.32 Å². The number of hydrogen-bond acceptors (Lipinski definition) is 1. The molecule has 0 spiro atoms. The van der Waals surface area contributed by atoms with Crippen LogP contribution in [0.25, 0.3) is 0 Å². The van der Waals surface area contributed by atoms with Gasteiger partial charge in [-0.1, -0.05) is 31.9 Å². The Bertz CT molecular complexity index is 354. The van der Waals surface area contributed by atoms with Crippen LogP contribution >= 0.6 is 0 Å². The lowest BCUT2D eigenvalue weighted by atomic mass is 9.96. The second kappa shape index (κ2) is 6.33. The van der Waals surface area contributed by atoms with Gasteiger partial charge in [-0.3, -0.25) is 0 Å². The van der Waals surface area contributed by atoms with Crippen LogP contribution in [-0.2, 0) is 0 Å². The van der Waals surface area contributed by atoms with Crippen LogP contribution in [0.5, 0.6) is 0 Å². The van der Waals surface area contributed by atoms with E-state index in [4.69, 9.17) is 0 Å². The Balaban J connectivity index is 1.97. The molecule has 1 nitrogen and oxygen atoms in total. The van der Waals surface area contributed by atoms with Crippen molar-refractivity contribution in [2.45, 2.75) is 58.0 Å². The lowest BCUT2D eigenvalue weighted by Crippen LogP contribution is -2.35. The van der Waals surface area contributed by atoms with E-state index in [9.17, 15) is 4.39 Å². The molecule has 0 heterocycles. The van der Waals surface area contributed by atoms with E-state index < -0.39 is 0 Å². The average Bonchev–Trinajstić information content (AvgIpc) is 2.91. The summed E-state index contributed by atoms with van der Waals surface area (Å²) < 4.78 is 12.9. The molecular formula is C16H24FN. The van der Waals surface area contributed by atoms with Gasteiger partial charge in [-0.05, 0) is 49.8 Å². The highest BCUT2D eigenvalue weighted by Crippen LogP contribution is 2.29. The Morgan fingerprint density at radius 3 is 2.39 bits per heavy atom. The van der Waals surface area contributed by atoms with Crippen molar-refractivity contribution < 1.29 is 4.39 Å².